The molecule has 0 saturated carbocycles. The Labute approximate surface area is 101 Å². The molecule has 0 spiro atoms. The van der Waals surface area contributed by atoms with Crippen LogP contribution in [0, 0.1) is 0 Å². The Hall–Kier alpha value is 0.110. The number of fused-ring (bicyclic) bond motifs is 1. The van der Waals surface area contributed by atoms with Crippen molar-refractivity contribution in [2.75, 3.05) is 6.26 Å². The third-order valence-corrected chi connectivity index (χ3v) is 4.70. The van der Waals surface area contributed by atoms with E-state index in [0.29, 0.717) is 5.88 Å². The van der Waals surface area contributed by atoms with E-state index >= 15 is 0 Å². The highest BCUT2D eigenvalue weighted by Crippen LogP contribution is 2.37. The Kier molecular flexibility index (Phi) is 3.27. The Bertz CT molecular complexity index is 462. The van der Waals surface area contributed by atoms with Crippen molar-refractivity contribution in [2.24, 2.45) is 0 Å². The van der Waals surface area contributed by atoms with E-state index in [0.717, 1.165) is 16.0 Å². The van der Waals surface area contributed by atoms with Crippen LogP contribution >= 0.6 is 46.3 Å². The molecule has 0 aliphatic carbocycles. The lowest BCUT2D eigenvalue weighted by Crippen LogP contribution is -1.79. The van der Waals surface area contributed by atoms with Crippen molar-refractivity contribution in [1.82, 2.24) is 0 Å². The summed E-state index contributed by atoms with van der Waals surface area (Å²) in [6, 6.07) is 4.20. The van der Waals surface area contributed by atoms with Crippen molar-refractivity contribution >= 4 is 56.4 Å². The second-order valence-electron chi connectivity index (χ2n) is 2.89. The van der Waals surface area contributed by atoms with Gasteiger partial charge >= 0.3 is 0 Å². The fourth-order valence-corrected chi connectivity index (χ4v) is 3.63. The lowest BCUT2D eigenvalue weighted by Gasteiger charge is -2.02. The van der Waals surface area contributed by atoms with Gasteiger partial charge in [0.2, 0.25) is 0 Å². The molecule has 0 fully saturated rings. The van der Waals surface area contributed by atoms with Gasteiger partial charge in [0, 0.05) is 26.2 Å². The summed E-state index contributed by atoms with van der Waals surface area (Å²) in [6.07, 6.45) is 2.07. The van der Waals surface area contributed by atoms with E-state index in [1.54, 1.807) is 23.1 Å². The molecule has 0 aliphatic rings. The lowest BCUT2D eigenvalue weighted by molar-refractivity contribution is 1.38. The summed E-state index contributed by atoms with van der Waals surface area (Å²) in [5, 5.41) is 3.93. The molecule has 0 N–H and O–H groups in total. The summed E-state index contributed by atoms with van der Waals surface area (Å²) in [6.45, 7) is 0. The molecule has 0 atom stereocenters. The van der Waals surface area contributed by atoms with Crippen LogP contribution in [0.2, 0.25) is 5.02 Å². The first-order valence-electron chi connectivity index (χ1n) is 4.06. The first-order chi connectivity index (χ1) is 6.76. The van der Waals surface area contributed by atoms with Gasteiger partial charge in [0.1, 0.15) is 0 Å². The maximum atomic E-state index is 6.09. The van der Waals surface area contributed by atoms with E-state index in [1.165, 1.54) is 9.60 Å². The Balaban J connectivity index is 2.76. The van der Waals surface area contributed by atoms with Crippen LogP contribution in [0.25, 0.3) is 10.1 Å². The average Bonchev–Trinajstić information content (AvgIpc) is 2.59. The minimum absolute atomic E-state index is 0.537. The van der Waals surface area contributed by atoms with Crippen molar-refractivity contribution in [1.29, 1.82) is 0 Å². The van der Waals surface area contributed by atoms with E-state index in [4.69, 9.17) is 23.2 Å². The van der Waals surface area contributed by atoms with Crippen LogP contribution in [0.5, 0.6) is 0 Å². The maximum Gasteiger partial charge on any atom is 0.0592 e. The Morgan fingerprint density at radius 3 is 2.86 bits per heavy atom. The molecule has 74 valence electrons. The number of thioether (sulfide) groups is 1. The average molecular weight is 263 g/mol. The predicted molar refractivity (Wildman–Crippen MR) is 68.2 cm³/mol. The van der Waals surface area contributed by atoms with Crippen LogP contribution < -0.4 is 0 Å². The molecule has 0 amide bonds. The largest absolute Gasteiger partial charge is 0.141 e. The quantitative estimate of drug-likeness (QED) is 0.541. The molecule has 0 nitrogen and oxygen atoms in total. The van der Waals surface area contributed by atoms with Gasteiger partial charge in [-0.25, -0.2) is 0 Å². The van der Waals surface area contributed by atoms with Gasteiger partial charge in [0.15, 0.2) is 0 Å². The van der Waals surface area contributed by atoms with Gasteiger partial charge in [-0.3, -0.25) is 0 Å². The fourth-order valence-electron chi connectivity index (χ4n) is 1.36. The summed E-state index contributed by atoms with van der Waals surface area (Å²) in [5.41, 5.74) is 1.13. The van der Waals surface area contributed by atoms with Crippen LogP contribution in [0.15, 0.2) is 22.4 Å². The minimum Gasteiger partial charge on any atom is -0.141 e. The van der Waals surface area contributed by atoms with Gasteiger partial charge in [0.05, 0.1) is 5.02 Å². The summed E-state index contributed by atoms with van der Waals surface area (Å²) in [4.78, 5) is 1.26. The predicted octanol–water partition coefficient (Wildman–Crippen LogP) is 5.02. The molecule has 0 bridgehead atoms. The molecule has 1 aromatic carbocycles. The van der Waals surface area contributed by atoms with Crippen LogP contribution in [0.3, 0.4) is 0 Å². The smallest absolute Gasteiger partial charge is 0.0592 e. The van der Waals surface area contributed by atoms with E-state index in [-0.39, 0.29) is 0 Å². The third kappa shape index (κ3) is 1.76. The third-order valence-electron chi connectivity index (χ3n) is 2.03. The van der Waals surface area contributed by atoms with Gasteiger partial charge in [0.25, 0.3) is 0 Å². The summed E-state index contributed by atoms with van der Waals surface area (Å²) in [5.74, 6) is 0.537. The molecule has 0 unspecified atom stereocenters. The molecular formula is C10H8Cl2S2. The van der Waals surface area contributed by atoms with Crippen LogP contribution in [-0.4, -0.2) is 6.26 Å². The Morgan fingerprint density at radius 1 is 1.43 bits per heavy atom. The number of rotatable bonds is 2. The van der Waals surface area contributed by atoms with Crippen molar-refractivity contribution in [3.05, 3.63) is 28.1 Å². The van der Waals surface area contributed by atoms with Gasteiger partial charge in [-0.2, -0.15) is 0 Å². The molecule has 0 radical (unpaired) electrons. The monoisotopic (exact) mass is 262 g/mol. The van der Waals surface area contributed by atoms with E-state index in [9.17, 15) is 0 Å². The summed E-state index contributed by atoms with van der Waals surface area (Å²) in [7, 11) is 0. The molecule has 0 saturated heterocycles. The maximum absolute atomic E-state index is 6.09. The summed E-state index contributed by atoms with van der Waals surface area (Å²) < 4.78 is 1.26. The van der Waals surface area contributed by atoms with Crippen LogP contribution in [0.1, 0.15) is 5.56 Å². The van der Waals surface area contributed by atoms with E-state index in [1.807, 2.05) is 5.38 Å². The van der Waals surface area contributed by atoms with Gasteiger partial charge in [-0.1, -0.05) is 11.6 Å². The number of halogens is 2. The van der Waals surface area contributed by atoms with Crippen molar-refractivity contribution in [3.63, 3.8) is 0 Å². The molecular weight excluding hydrogens is 255 g/mol. The van der Waals surface area contributed by atoms with Crippen molar-refractivity contribution in [2.45, 2.75) is 10.8 Å². The molecule has 1 aromatic heterocycles. The number of benzene rings is 1. The topological polar surface area (TPSA) is 0 Å². The number of hydrogen-bond donors (Lipinski definition) is 0. The molecule has 4 heteroatoms. The first kappa shape index (κ1) is 10.6. The van der Waals surface area contributed by atoms with E-state index in [2.05, 4.69) is 18.4 Å². The molecule has 2 aromatic rings. The zero-order valence-electron chi connectivity index (χ0n) is 7.51. The normalized spacial score (nSPS) is 11.1. The molecule has 0 aliphatic heterocycles. The first-order valence-corrected chi connectivity index (χ1v) is 7.07. The Morgan fingerprint density at radius 2 is 2.21 bits per heavy atom. The second kappa shape index (κ2) is 4.31. The van der Waals surface area contributed by atoms with Crippen LogP contribution in [-0.2, 0) is 5.88 Å². The molecule has 2 rings (SSSR count). The second-order valence-corrected chi connectivity index (χ2v) is 5.29. The number of hydrogen-bond acceptors (Lipinski definition) is 2. The SMILES string of the molecule is CSc1cc(CCl)cc2c(Cl)csc12. The highest BCUT2D eigenvalue weighted by molar-refractivity contribution is 7.99. The van der Waals surface area contributed by atoms with E-state index < -0.39 is 0 Å². The van der Waals surface area contributed by atoms with Gasteiger partial charge in [-0.15, -0.1) is 34.7 Å². The zero-order chi connectivity index (χ0) is 10.1. The van der Waals surface area contributed by atoms with Crippen LogP contribution in [0.4, 0.5) is 0 Å². The minimum atomic E-state index is 0.537. The van der Waals surface area contributed by atoms with Crippen molar-refractivity contribution < 1.29 is 0 Å². The highest BCUT2D eigenvalue weighted by atomic mass is 35.5. The lowest BCUT2D eigenvalue weighted by atomic mass is 10.2. The van der Waals surface area contributed by atoms with Gasteiger partial charge < -0.3 is 0 Å². The molecule has 14 heavy (non-hydrogen) atoms. The van der Waals surface area contributed by atoms with Gasteiger partial charge in [-0.05, 0) is 24.0 Å². The summed E-state index contributed by atoms with van der Waals surface area (Å²) >= 11 is 15.3. The molecule has 1 heterocycles. The standard InChI is InChI=1S/C10H8Cl2S2/c1-13-9-3-6(4-11)2-7-8(12)5-14-10(7)9/h2-3,5H,4H2,1H3. The van der Waals surface area contributed by atoms with Crippen molar-refractivity contribution in [3.8, 4) is 0 Å². The zero-order valence-corrected chi connectivity index (χ0v) is 10.7. The fraction of sp³-hybridized carbons (Fsp3) is 0.200. The highest BCUT2D eigenvalue weighted by Gasteiger charge is 2.08. The number of alkyl halides is 1. The number of thiophene rings is 1.